The molecular formula is C7H15N3. The van der Waals surface area contributed by atoms with Crippen molar-refractivity contribution in [1.29, 1.82) is 0 Å². The monoisotopic (exact) mass is 141 g/mol. The van der Waals surface area contributed by atoms with Crippen LogP contribution in [-0.2, 0) is 0 Å². The largest absolute Gasteiger partial charge is 0.310 e. The van der Waals surface area contributed by atoms with E-state index in [1.54, 1.807) is 0 Å². The van der Waals surface area contributed by atoms with Crippen molar-refractivity contribution in [2.45, 2.75) is 38.9 Å². The summed E-state index contributed by atoms with van der Waals surface area (Å²) in [7, 11) is 0. The molecule has 1 aliphatic heterocycles. The van der Waals surface area contributed by atoms with Gasteiger partial charge in [0.25, 0.3) is 0 Å². The maximum atomic E-state index is 5.77. The highest BCUT2D eigenvalue weighted by Crippen LogP contribution is 2.19. The predicted octanol–water partition coefficient (Wildman–Crippen LogP) is 0.761. The second-order valence-corrected chi connectivity index (χ2v) is 3.62. The summed E-state index contributed by atoms with van der Waals surface area (Å²) in [5.74, 6) is 0. The van der Waals surface area contributed by atoms with Crippen LogP contribution in [0.5, 0.6) is 0 Å². The predicted molar refractivity (Wildman–Crippen MR) is 42.7 cm³/mol. The molecule has 1 heterocycles. The normalized spacial score (nSPS) is 26.0. The first-order valence-electron chi connectivity index (χ1n) is 3.59. The van der Waals surface area contributed by atoms with E-state index in [1.165, 1.54) is 0 Å². The Balaban J connectivity index is 2.64. The van der Waals surface area contributed by atoms with Crippen LogP contribution in [-0.4, -0.2) is 22.9 Å². The number of hydrogen-bond acceptors (Lipinski definition) is 3. The van der Waals surface area contributed by atoms with Gasteiger partial charge < -0.3 is 5.73 Å². The van der Waals surface area contributed by atoms with Crippen molar-refractivity contribution in [3.05, 3.63) is 0 Å². The molecule has 1 rings (SSSR count). The molecule has 1 aliphatic rings. The zero-order valence-electron chi connectivity index (χ0n) is 6.83. The van der Waals surface area contributed by atoms with E-state index < -0.39 is 0 Å². The average Bonchev–Trinajstić information content (AvgIpc) is 2.11. The number of nitrogens with two attached hydrogens (primary N) is 1. The van der Waals surface area contributed by atoms with Gasteiger partial charge in [0.2, 0.25) is 0 Å². The summed E-state index contributed by atoms with van der Waals surface area (Å²) in [6.07, 6.45) is 2.83. The third kappa shape index (κ3) is 1.29. The first-order valence-corrected chi connectivity index (χ1v) is 3.59. The molecule has 0 aromatic heterocycles. The second-order valence-electron chi connectivity index (χ2n) is 3.62. The van der Waals surface area contributed by atoms with Gasteiger partial charge in [0, 0.05) is 12.6 Å². The number of hydrazone groups is 1. The van der Waals surface area contributed by atoms with Crippen molar-refractivity contribution in [1.82, 2.24) is 5.01 Å². The molecule has 1 atom stereocenters. The third-order valence-electron chi connectivity index (χ3n) is 1.55. The topological polar surface area (TPSA) is 41.6 Å². The Labute approximate surface area is 61.9 Å². The molecule has 0 fully saturated rings. The van der Waals surface area contributed by atoms with E-state index in [-0.39, 0.29) is 11.7 Å². The SMILES string of the molecule is CC(C)(C)N1N=CCC1N. The summed E-state index contributed by atoms with van der Waals surface area (Å²) in [5, 5.41) is 6.11. The number of hydrogen-bond donors (Lipinski definition) is 1. The first kappa shape index (κ1) is 7.54. The Morgan fingerprint density at radius 1 is 1.60 bits per heavy atom. The fourth-order valence-corrected chi connectivity index (χ4v) is 1.10. The lowest BCUT2D eigenvalue weighted by molar-refractivity contribution is 0.107. The van der Waals surface area contributed by atoms with E-state index in [4.69, 9.17) is 5.73 Å². The van der Waals surface area contributed by atoms with E-state index in [1.807, 2.05) is 11.2 Å². The zero-order chi connectivity index (χ0) is 7.78. The molecule has 0 aromatic carbocycles. The summed E-state index contributed by atoms with van der Waals surface area (Å²) in [6.45, 7) is 6.32. The Morgan fingerprint density at radius 2 is 2.20 bits per heavy atom. The van der Waals surface area contributed by atoms with Crippen LogP contribution in [0.25, 0.3) is 0 Å². The van der Waals surface area contributed by atoms with Gasteiger partial charge in [-0.3, -0.25) is 5.01 Å². The molecule has 0 saturated carbocycles. The maximum Gasteiger partial charge on any atom is 0.0996 e. The van der Waals surface area contributed by atoms with Crippen molar-refractivity contribution in [3.8, 4) is 0 Å². The number of nitrogens with zero attached hydrogens (tertiary/aromatic N) is 2. The third-order valence-corrected chi connectivity index (χ3v) is 1.55. The highest BCUT2D eigenvalue weighted by molar-refractivity contribution is 5.59. The van der Waals surface area contributed by atoms with E-state index in [9.17, 15) is 0 Å². The Kier molecular flexibility index (Phi) is 1.68. The molecule has 58 valence electrons. The van der Waals surface area contributed by atoms with E-state index in [0.29, 0.717) is 0 Å². The summed E-state index contributed by atoms with van der Waals surface area (Å²) in [4.78, 5) is 0. The van der Waals surface area contributed by atoms with Crippen molar-refractivity contribution in [2.24, 2.45) is 10.8 Å². The van der Waals surface area contributed by atoms with Gasteiger partial charge >= 0.3 is 0 Å². The molecule has 0 amide bonds. The fourth-order valence-electron chi connectivity index (χ4n) is 1.10. The molecule has 0 saturated heterocycles. The zero-order valence-corrected chi connectivity index (χ0v) is 6.83. The molecular weight excluding hydrogens is 126 g/mol. The molecule has 0 spiro atoms. The summed E-state index contributed by atoms with van der Waals surface area (Å²) in [5.41, 5.74) is 5.83. The van der Waals surface area contributed by atoms with E-state index >= 15 is 0 Å². The quantitative estimate of drug-likeness (QED) is 0.541. The molecule has 0 aromatic rings. The van der Waals surface area contributed by atoms with Crippen LogP contribution in [0.2, 0.25) is 0 Å². The highest BCUT2D eigenvalue weighted by atomic mass is 15.5. The van der Waals surface area contributed by atoms with Crippen LogP contribution < -0.4 is 5.73 Å². The minimum Gasteiger partial charge on any atom is -0.310 e. The van der Waals surface area contributed by atoms with Crippen LogP contribution in [0, 0.1) is 0 Å². The van der Waals surface area contributed by atoms with Crippen molar-refractivity contribution in [2.75, 3.05) is 0 Å². The lowest BCUT2D eigenvalue weighted by Gasteiger charge is -2.33. The van der Waals surface area contributed by atoms with Crippen molar-refractivity contribution < 1.29 is 0 Å². The standard InChI is InChI=1S/C7H15N3/c1-7(2,3)10-6(8)4-5-9-10/h5-6H,4,8H2,1-3H3. The van der Waals surface area contributed by atoms with Gasteiger partial charge in [-0.15, -0.1) is 0 Å². The summed E-state index contributed by atoms with van der Waals surface area (Å²) >= 11 is 0. The van der Waals surface area contributed by atoms with Crippen LogP contribution >= 0.6 is 0 Å². The fraction of sp³-hybridized carbons (Fsp3) is 0.857. The molecule has 0 radical (unpaired) electrons. The molecule has 3 nitrogen and oxygen atoms in total. The van der Waals surface area contributed by atoms with Gasteiger partial charge in [0.05, 0.1) is 11.7 Å². The first-order chi connectivity index (χ1) is 4.52. The Hall–Kier alpha value is -0.570. The minimum absolute atomic E-state index is 0.0619. The van der Waals surface area contributed by atoms with Crippen molar-refractivity contribution in [3.63, 3.8) is 0 Å². The van der Waals surface area contributed by atoms with Crippen LogP contribution in [0.4, 0.5) is 0 Å². The highest BCUT2D eigenvalue weighted by Gasteiger charge is 2.27. The van der Waals surface area contributed by atoms with E-state index in [2.05, 4.69) is 25.9 Å². The molecule has 10 heavy (non-hydrogen) atoms. The molecule has 0 bridgehead atoms. The lowest BCUT2D eigenvalue weighted by atomic mass is 10.1. The smallest absolute Gasteiger partial charge is 0.0996 e. The molecule has 1 unspecified atom stereocenters. The minimum atomic E-state index is 0.0619. The Morgan fingerprint density at radius 3 is 2.40 bits per heavy atom. The van der Waals surface area contributed by atoms with Gasteiger partial charge in [0.1, 0.15) is 0 Å². The average molecular weight is 141 g/mol. The van der Waals surface area contributed by atoms with Crippen LogP contribution in [0.1, 0.15) is 27.2 Å². The van der Waals surface area contributed by atoms with Gasteiger partial charge in [-0.1, -0.05) is 0 Å². The Bertz CT molecular complexity index is 145. The maximum absolute atomic E-state index is 5.77. The van der Waals surface area contributed by atoms with Crippen molar-refractivity contribution >= 4 is 6.21 Å². The molecule has 3 heteroatoms. The second kappa shape index (κ2) is 2.23. The van der Waals surface area contributed by atoms with Crippen LogP contribution in [0.3, 0.4) is 0 Å². The molecule has 2 N–H and O–H groups in total. The summed E-state index contributed by atoms with van der Waals surface area (Å²) < 4.78 is 0. The van der Waals surface area contributed by atoms with Gasteiger partial charge in [0.15, 0.2) is 0 Å². The summed E-state index contributed by atoms with van der Waals surface area (Å²) in [6, 6.07) is 0. The van der Waals surface area contributed by atoms with Gasteiger partial charge in [-0.2, -0.15) is 5.10 Å². The van der Waals surface area contributed by atoms with Crippen LogP contribution in [0.15, 0.2) is 5.10 Å². The number of rotatable bonds is 0. The van der Waals surface area contributed by atoms with Gasteiger partial charge in [-0.25, -0.2) is 0 Å². The van der Waals surface area contributed by atoms with E-state index in [0.717, 1.165) is 6.42 Å². The lowest BCUT2D eigenvalue weighted by Crippen LogP contribution is -2.46. The van der Waals surface area contributed by atoms with Gasteiger partial charge in [-0.05, 0) is 20.8 Å². The molecule has 0 aliphatic carbocycles.